The molecule has 0 spiro atoms. The Labute approximate surface area is 107 Å². The summed E-state index contributed by atoms with van der Waals surface area (Å²) < 4.78 is 0. The van der Waals surface area contributed by atoms with Crippen LogP contribution in [0.4, 0.5) is 0 Å². The van der Waals surface area contributed by atoms with E-state index in [1.54, 1.807) is 0 Å². The highest BCUT2D eigenvalue weighted by atomic mass is 14.9. The molecule has 1 aromatic carbocycles. The van der Waals surface area contributed by atoms with Gasteiger partial charge in [-0.2, -0.15) is 0 Å². The van der Waals surface area contributed by atoms with Crippen molar-refractivity contribution in [3.63, 3.8) is 0 Å². The standard InChI is InChI=1S/C16H27N/c1-7-12(2)15(17-6)13-10-8-9-11-14(13)16(3,4)5/h8-12,15,17H,7H2,1-6H3. The van der Waals surface area contributed by atoms with Crippen molar-refractivity contribution in [1.29, 1.82) is 0 Å². The Morgan fingerprint density at radius 1 is 1.18 bits per heavy atom. The maximum Gasteiger partial charge on any atom is 0.0346 e. The summed E-state index contributed by atoms with van der Waals surface area (Å²) in [5.74, 6) is 0.656. The molecule has 1 nitrogen and oxygen atoms in total. The van der Waals surface area contributed by atoms with E-state index in [0.29, 0.717) is 12.0 Å². The van der Waals surface area contributed by atoms with Gasteiger partial charge >= 0.3 is 0 Å². The van der Waals surface area contributed by atoms with Crippen LogP contribution in [0.1, 0.15) is 58.2 Å². The maximum atomic E-state index is 3.48. The first-order valence-corrected chi connectivity index (χ1v) is 6.68. The van der Waals surface area contributed by atoms with Gasteiger partial charge in [0.25, 0.3) is 0 Å². The number of nitrogens with one attached hydrogen (secondary N) is 1. The second kappa shape index (κ2) is 5.68. The number of rotatable bonds is 4. The molecular formula is C16H27N. The molecule has 0 amide bonds. The molecule has 0 heterocycles. The third-order valence-corrected chi connectivity index (χ3v) is 3.63. The van der Waals surface area contributed by atoms with E-state index in [1.165, 1.54) is 17.5 Å². The summed E-state index contributed by atoms with van der Waals surface area (Å²) in [6.45, 7) is 11.4. The summed E-state index contributed by atoms with van der Waals surface area (Å²) in [7, 11) is 2.07. The Morgan fingerprint density at radius 2 is 1.76 bits per heavy atom. The Bertz CT molecular complexity index is 349. The highest BCUT2D eigenvalue weighted by Crippen LogP contribution is 2.33. The minimum absolute atomic E-state index is 0.207. The van der Waals surface area contributed by atoms with Crippen LogP contribution >= 0.6 is 0 Å². The molecule has 0 radical (unpaired) electrons. The SMILES string of the molecule is CCC(C)C(NC)c1ccccc1C(C)(C)C. The van der Waals surface area contributed by atoms with Gasteiger partial charge in [0.2, 0.25) is 0 Å². The van der Waals surface area contributed by atoms with E-state index in [2.05, 4.69) is 71.2 Å². The highest BCUT2D eigenvalue weighted by molar-refractivity contribution is 5.35. The van der Waals surface area contributed by atoms with E-state index < -0.39 is 0 Å². The van der Waals surface area contributed by atoms with Crippen molar-refractivity contribution < 1.29 is 0 Å². The third kappa shape index (κ3) is 3.32. The predicted molar refractivity (Wildman–Crippen MR) is 76.4 cm³/mol. The predicted octanol–water partition coefficient (Wildman–Crippen LogP) is 4.29. The number of hydrogen-bond donors (Lipinski definition) is 1. The van der Waals surface area contributed by atoms with Crippen LogP contribution in [0.25, 0.3) is 0 Å². The molecule has 1 aromatic rings. The van der Waals surface area contributed by atoms with Crippen molar-refractivity contribution in [3.05, 3.63) is 35.4 Å². The molecule has 1 N–H and O–H groups in total. The van der Waals surface area contributed by atoms with Gasteiger partial charge in [-0.25, -0.2) is 0 Å². The minimum Gasteiger partial charge on any atom is -0.313 e. The Hall–Kier alpha value is -0.820. The zero-order valence-corrected chi connectivity index (χ0v) is 12.2. The molecule has 1 heteroatoms. The molecule has 0 saturated heterocycles. The van der Waals surface area contributed by atoms with Crippen molar-refractivity contribution in [2.45, 2.75) is 52.5 Å². The van der Waals surface area contributed by atoms with Crippen molar-refractivity contribution in [2.75, 3.05) is 7.05 Å². The average molecular weight is 233 g/mol. The lowest BCUT2D eigenvalue weighted by atomic mass is 9.79. The second-order valence-corrected chi connectivity index (χ2v) is 5.99. The first-order valence-electron chi connectivity index (χ1n) is 6.68. The second-order valence-electron chi connectivity index (χ2n) is 5.99. The molecule has 2 atom stereocenters. The van der Waals surface area contributed by atoms with Gasteiger partial charge in [-0.3, -0.25) is 0 Å². The molecule has 17 heavy (non-hydrogen) atoms. The summed E-state index contributed by atoms with van der Waals surface area (Å²) in [6, 6.07) is 9.29. The monoisotopic (exact) mass is 233 g/mol. The third-order valence-electron chi connectivity index (χ3n) is 3.63. The Kier molecular flexibility index (Phi) is 4.76. The summed E-state index contributed by atoms with van der Waals surface area (Å²) >= 11 is 0. The summed E-state index contributed by atoms with van der Waals surface area (Å²) in [5.41, 5.74) is 3.12. The molecular weight excluding hydrogens is 206 g/mol. The lowest BCUT2D eigenvalue weighted by molar-refractivity contribution is 0.393. The molecule has 0 aliphatic carbocycles. The molecule has 0 fully saturated rings. The van der Waals surface area contributed by atoms with Gasteiger partial charge in [-0.1, -0.05) is 65.3 Å². The average Bonchev–Trinajstić information content (AvgIpc) is 2.29. The first-order chi connectivity index (χ1) is 7.91. The van der Waals surface area contributed by atoms with Gasteiger partial charge in [-0.15, -0.1) is 0 Å². The van der Waals surface area contributed by atoms with Crippen LogP contribution in [-0.2, 0) is 5.41 Å². The fourth-order valence-electron chi connectivity index (χ4n) is 2.43. The zero-order valence-electron chi connectivity index (χ0n) is 12.2. The van der Waals surface area contributed by atoms with Gasteiger partial charge in [0, 0.05) is 6.04 Å². The van der Waals surface area contributed by atoms with E-state index in [-0.39, 0.29) is 5.41 Å². The maximum absolute atomic E-state index is 3.48. The molecule has 0 saturated carbocycles. The minimum atomic E-state index is 0.207. The Morgan fingerprint density at radius 3 is 2.24 bits per heavy atom. The van der Waals surface area contributed by atoms with E-state index >= 15 is 0 Å². The summed E-state index contributed by atoms with van der Waals surface area (Å²) in [6.07, 6.45) is 1.20. The summed E-state index contributed by atoms with van der Waals surface area (Å²) in [4.78, 5) is 0. The van der Waals surface area contributed by atoms with Gasteiger partial charge in [0.05, 0.1) is 0 Å². The lowest BCUT2D eigenvalue weighted by Gasteiger charge is -2.30. The van der Waals surface area contributed by atoms with Crippen LogP contribution in [-0.4, -0.2) is 7.05 Å². The molecule has 0 aliphatic heterocycles. The van der Waals surface area contributed by atoms with Crippen LogP contribution in [0.3, 0.4) is 0 Å². The fourth-order valence-corrected chi connectivity index (χ4v) is 2.43. The van der Waals surface area contributed by atoms with Crippen LogP contribution in [0.2, 0.25) is 0 Å². The molecule has 2 unspecified atom stereocenters. The largest absolute Gasteiger partial charge is 0.313 e. The Balaban J connectivity index is 3.20. The highest BCUT2D eigenvalue weighted by Gasteiger charge is 2.24. The lowest BCUT2D eigenvalue weighted by Crippen LogP contribution is -2.27. The van der Waals surface area contributed by atoms with E-state index in [1.807, 2.05) is 0 Å². The molecule has 96 valence electrons. The molecule has 1 rings (SSSR count). The van der Waals surface area contributed by atoms with Crippen LogP contribution < -0.4 is 5.32 Å². The normalized spacial score (nSPS) is 15.6. The zero-order chi connectivity index (χ0) is 13.1. The molecule has 0 aliphatic rings. The first kappa shape index (κ1) is 14.2. The smallest absolute Gasteiger partial charge is 0.0346 e. The number of hydrogen-bond acceptors (Lipinski definition) is 1. The van der Waals surface area contributed by atoms with Gasteiger partial charge in [0.15, 0.2) is 0 Å². The van der Waals surface area contributed by atoms with E-state index in [4.69, 9.17) is 0 Å². The van der Waals surface area contributed by atoms with Gasteiger partial charge in [-0.05, 0) is 29.5 Å². The molecule has 0 bridgehead atoms. The topological polar surface area (TPSA) is 12.0 Å². The van der Waals surface area contributed by atoms with Crippen LogP contribution in [0.5, 0.6) is 0 Å². The van der Waals surface area contributed by atoms with Crippen LogP contribution in [0.15, 0.2) is 24.3 Å². The van der Waals surface area contributed by atoms with Crippen molar-refractivity contribution in [3.8, 4) is 0 Å². The molecule has 0 aromatic heterocycles. The van der Waals surface area contributed by atoms with E-state index in [9.17, 15) is 0 Å². The van der Waals surface area contributed by atoms with Crippen LogP contribution in [0, 0.1) is 5.92 Å². The van der Waals surface area contributed by atoms with E-state index in [0.717, 1.165) is 0 Å². The van der Waals surface area contributed by atoms with Crippen molar-refractivity contribution in [1.82, 2.24) is 5.32 Å². The van der Waals surface area contributed by atoms with Gasteiger partial charge < -0.3 is 5.32 Å². The van der Waals surface area contributed by atoms with Crippen molar-refractivity contribution in [2.24, 2.45) is 5.92 Å². The quantitative estimate of drug-likeness (QED) is 0.818. The van der Waals surface area contributed by atoms with Crippen molar-refractivity contribution >= 4 is 0 Å². The van der Waals surface area contributed by atoms with Gasteiger partial charge in [0.1, 0.15) is 0 Å². The number of benzene rings is 1. The summed E-state index contributed by atoms with van der Waals surface area (Å²) in [5, 5.41) is 3.48. The fraction of sp³-hybridized carbons (Fsp3) is 0.625.